The predicted octanol–water partition coefficient (Wildman–Crippen LogP) is 0.538. The minimum absolute atomic E-state index is 0.0565. The molecule has 3 nitrogen and oxygen atoms in total. The molecule has 0 atom stereocenters. The van der Waals surface area contributed by atoms with Crippen molar-refractivity contribution in [2.75, 3.05) is 0 Å². The molecule has 0 aromatic heterocycles. The first-order chi connectivity index (χ1) is 10.7. The van der Waals surface area contributed by atoms with Crippen molar-refractivity contribution in [1.82, 2.24) is 0 Å². The van der Waals surface area contributed by atoms with Crippen molar-refractivity contribution in [2.24, 2.45) is 5.92 Å². The highest BCUT2D eigenvalue weighted by Crippen LogP contribution is 2.26. The molecule has 0 unspecified atom stereocenters. The van der Waals surface area contributed by atoms with Crippen molar-refractivity contribution in [1.29, 1.82) is 0 Å². The molecule has 1 saturated carbocycles. The van der Waals surface area contributed by atoms with Gasteiger partial charge in [0.15, 0.2) is 14.0 Å². The Morgan fingerprint density at radius 2 is 1.70 bits per heavy atom. The minimum Gasteiger partial charge on any atom is -0.741 e. The van der Waals surface area contributed by atoms with Crippen molar-refractivity contribution in [2.45, 2.75) is 37.6 Å². The number of rotatable bonds is 2. The van der Waals surface area contributed by atoms with E-state index in [4.69, 9.17) is 13.0 Å². The first kappa shape index (κ1) is 20.3. The molecule has 0 heterocycles. The Hall–Kier alpha value is -0.790. The van der Waals surface area contributed by atoms with Crippen molar-refractivity contribution < 1.29 is 47.3 Å². The molecule has 1 aromatic carbocycles. The Morgan fingerprint density at radius 1 is 1.17 bits per heavy atom. The standard InChI is InChI=1S/C14H16I.CHF3O3S/c1-2-10-14(11-3-1)15-12-6-9-13-7-4-5-8-13;2-1(3,4)8(5,6)7/h1-3,10-11,13H,4-5,7-9H2;(H,5,6,7)/q+1;/p-1. The second-order valence-electron chi connectivity index (χ2n) is 4.92. The molecule has 1 aliphatic rings. The summed E-state index contributed by atoms with van der Waals surface area (Å²) in [6.45, 7) is 0. The smallest absolute Gasteiger partial charge is 0.485 e. The lowest BCUT2D eigenvalue weighted by molar-refractivity contribution is -0.535. The molecule has 1 aromatic rings. The fourth-order valence-corrected chi connectivity index (χ4v) is 3.46. The van der Waals surface area contributed by atoms with Crippen LogP contribution in [0.5, 0.6) is 0 Å². The van der Waals surface area contributed by atoms with Gasteiger partial charge in [-0.1, -0.05) is 31.0 Å². The van der Waals surface area contributed by atoms with Crippen molar-refractivity contribution >= 4 is 10.1 Å². The molecule has 128 valence electrons. The Bertz CT molecular complexity index is 627. The summed E-state index contributed by atoms with van der Waals surface area (Å²) in [5.41, 5.74) is -5.65. The molecule has 2 rings (SSSR count). The van der Waals surface area contributed by atoms with E-state index in [2.05, 4.69) is 40.2 Å². The lowest BCUT2D eigenvalue weighted by Crippen LogP contribution is -3.59. The third-order valence-electron chi connectivity index (χ3n) is 3.11. The summed E-state index contributed by atoms with van der Waals surface area (Å²) < 4.78 is 63.7. The zero-order valence-corrected chi connectivity index (χ0v) is 15.1. The maximum absolute atomic E-state index is 10.7. The van der Waals surface area contributed by atoms with E-state index in [1.54, 1.807) is 0 Å². The second kappa shape index (κ2) is 9.49. The molecule has 0 amide bonds. The number of benzene rings is 1. The van der Waals surface area contributed by atoms with Gasteiger partial charge in [-0.25, -0.2) is 8.42 Å². The highest BCUT2D eigenvalue weighted by molar-refractivity contribution is 7.86. The van der Waals surface area contributed by atoms with Crippen LogP contribution in [0.2, 0.25) is 0 Å². The Balaban J connectivity index is 0.000000284. The Morgan fingerprint density at radius 3 is 2.17 bits per heavy atom. The van der Waals surface area contributed by atoms with Gasteiger partial charge in [0.25, 0.3) is 0 Å². The van der Waals surface area contributed by atoms with Crippen LogP contribution in [0.4, 0.5) is 13.2 Å². The first-order valence-corrected chi connectivity index (χ1v) is 10.5. The van der Waals surface area contributed by atoms with Crippen molar-refractivity contribution in [3.05, 3.63) is 33.9 Å². The van der Waals surface area contributed by atoms with Gasteiger partial charge in [0.2, 0.25) is 3.57 Å². The molecule has 0 saturated heterocycles. The summed E-state index contributed by atoms with van der Waals surface area (Å²) in [5.74, 6) is 4.29. The fourth-order valence-electron chi connectivity index (χ4n) is 1.96. The molecule has 0 radical (unpaired) electrons. The maximum Gasteiger partial charge on any atom is 0.485 e. The van der Waals surface area contributed by atoms with E-state index >= 15 is 0 Å². The van der Waals surface area contributed by atoms with Crippen LogP contribution in [0, 0.1) is 19.3 Å². The van der Waals surface area contributed by atoms with Gasteiger partial charge in [0.1, 0.15) is 0 Å². The van der Waals surface area contributed by atoms with Crippen LogP contribution in [0.25, 0.3) is 0 Å². The summed E-state index contributed by atoms with van der Waals surface area (Å²) in [4.78, 5) is 0. The van der Waals surface area contributed by atoms with Gasteiger partial charge in [0.05, 0.1) is 0 Å². The molecule has 0 aliphatic heterocycles. The fraction of sp³-hybridized carbons (Fsp3) is 0.467. The summed E-state index contributed by atoms with van der Waals surface area (Å²) in [6, 6.07) is 10.7. The number of alkyl halides is 3. The third kappa shape index (κ3) is 8.58. The highest BCUT2D eigenvalue weighted by Gasteiger charge is 2.36. The SMILES string of the molecule is C(#C[I+]c1ccccc1)CC1CCCC1.O=S(=O)([O-])C(F)(F)F. The Labute approximate surface area is 144 Å². The van der Waals surface area contributed by atoms with Crippen LogP contribution < -0.4 is 21.2 Å². The van der Waals surface area contributed by atoms with E-state index in [1.807, 2.05) is 0 Å². The predicted molar refractivity (Wildman–Crippen MR) is 75.2 cm³/mol. The zero-order valence-electron chi connectivity index (χ0n) is 12.1. The topological polar surface area (TPSA) is 57.2 Å². The van der Waals surface area contributed by atoms with Crippen LogP contribution in [0.15, 0.2) is 30.3 Å². The van der Waals surface area contributed by atoms with E-state index in [-0.39, 0.29) is 21.2 Å². The van der Waals surface area contributed by atoms with Gasteiger partial charge in [0, 0.05) is 6.42 Å². The second-order valence-corrected chi connectivity index (χ2v) is 8.61. The van der Waals surface area contributed by atoms with Gasteiger partial charge in [-0.3, -0.25) is 0 Å². The van der Waals surface area contributed by atoms with Gasteiger partial charge in [-0.05, 0) is 36.8 Å². The van der Waals surface area contributed by atoms with Crippen LogP contribution in [-0.4, -0.2) is 18.5 Å². The summed E-state index contributed by atoms with van der Waals surface area (Å²) >= 11 is -0.0565. The number of hydrogen-bond donors (Lipinski definition) is 0. The summed E-state index contributed by atoms with van der Waals surface area (Å²) in [7, 11) is -6.09. The van der Waals surface area contributed by atoms with Crippen molar-refractivity contribution in [3.8, 4) is 9.85 Å². The molecular weight excluding hydrogens is 444 g/mol. The molecule has 23 heavy (non-hydrogen) atoms. The van der Waals surface area contributed by atoms with Gasteiger partial charge in [-0.2, -0.15) is 13.2 Å². The lowest BCUT2D eigenvalue weighted by atomic mass is 10.1. The molecule has 1 fully saturated rings. The quantitative estimate of drug-likeness (QED) is 0.280. The van der Waals surface area contributed by atoms with Gasteiger partial charge < -0.3 is 4.55 Å². The number of hydrogen-bond acceptors (Lipinski definition) is 3. The van der Waals surface area contributed by atoms with Gasteiger partial charge in [-0.15, -0.1) is 0 Å². The lowest BCUT2D eigenvalue weighted by Gasteiger charge is -2.08. The maximum atomic E-state index is 10.7. The minimum atomic E-state index is -6.09. The highest BCUT2D eigenvalue weighted by atomic mass is 127. The number of halogens is 4. The summed E-state index contributed by atoms with van der Waals surface area (Å²) in [5, 5.41) is 0. The average molecular weight is 460 g/mol. The molecule has 0 bridgehead atoms. The molecule has 8 heteroatoms. The monoisotopic (exact) mass is 460 g/mol. The van der Waals surface area contributed by atoms with Crippen LogP contribution in [0.1, 0.15) is 32.1 Å². The van der Waals surface area contributed by atoms with Crippen LogP contribution in [0.3, 0.4) is 0 Å². The first-order valence-electron chi connectivity index (χ1n) is 6.89. The van der Waals surface area contributed by atoms with E-state index in [1.165, 1.54) is 29.3 Å². The molecule has 0 spiro atoms. The largest absolute Gasteiger partial charge is 0.741 e. The van der Waals surface area contributed by atoms with Crippen LogP contribution >= 0.6 is 0 Å². The van der Waals surface area contributed by atoms with E-state index in [9.17, 15) is 13.2 Å². The van der Waals surface area contributed by atoms with E-state index in [0.717, 1.165) is 12.3 Å². The Kier molecular flexibility index (Phi) is 8.36. The van der Waals surface area contributed by atoms with Crippen LogP contribution in [-0.2, 0) is 10.1 Å². The molecule has 1 aliphatic carbocycles. The molecular formula is C15H16F3IO3S. The van der Waals surface area contributed by atoms with E-state index < -0.39 is 15.6 Å². The van der Waals surface area contributed by atoms with Crippen molar-refractivity contribution in [3.63, 3.8) is 0 Å². The average Bonchev–Trinajstić information content (AvgIpc) is 2.96. The molecule has 0 N–H and O–H groups in total. The van der Waals surface area contributed by atoms with E-state index in [0.29, 0.717) is 0 Å². The third-order valence-corrected chi connectivity index (χ3v) is 5.67. The normalized spacial score (nSPS) is 15.3. The van der Waals surface area contributed by atoms with Gasteiger partial charge >= 0.3 is 26.7 Å². The zero-order chi connectivity index (χ0) is 17.3. The summed E-state index contributed by atoms with van der Waals surface area (Å²) in [6.07, 6.45) is 6.84.